The predicted molar refractivity (Wildman–Crippen MR) is 132 cm³/mol. The Morgan fingerprint density at radius 1 is 0.914 bits per heavy atom. The minimum atomic E-state index is -0.320. The van der Waals surface area contributed by atoms with E-state index in [2.05, 4.69) is 22.8 Å². The minimum absolute atomic E-state index is 0.143. The molecular weight excluding hydrogens is 444 g/mol. The fraction of sp³-hybridized carbons (Fsp3) is 0.222. The lowest BCUT2D eigenvalue weighted by Gasteiger charge is -2.19. The Bertz CT molecular complexity index is 1260. The van der Waals surface area contributed by atoms with Crippen molar-refractivity contribution >= 4 is 11.6 Å². The number of ether oxygens (including phenoxy) is 3. The fourth-order valence-corrected chi connectivity index (χ4v) is 3.35. The number of methoxy groups -OCH3 is 2. The maximum Gasteiger partial charge on any atom is 0.253 e. The predicted octanol–water partition coefficient (Wildman–Crippen LogP) is 4.26. The number of rotatable bonds is 10. The summed E-state index contributed by atoms with van der Waals surface area (Å²) in [6, 6.07) is 21.2. The van der Waals surface area contributed by atoms with Gasteiger partial charge in [-0.05, 0) is 67.1 Å². The highest BCUT2D eigenvalue weighted by Gasteiger charge is 2.15. The van der Waals surface area contributed by atoms with Crippen LogP contribution in [0, 0.1) is 22.7 Å². The zero-order chi connectivity index (χ0) is 25.2. The van der Waals surface area contributed by atoms with E-state index in [9.17, 15) is 10.1 Å². The molecule has 2 N–H and O–H groups in total. The molecule has 0 spiro atoms. The van der Waals surface area contributed by atoms with E-state index >= 15 is 0 Å². The maximum atomic E-state index is 13.0. The molecule has 0 aromatic heterocycles. The third-order valence-electron chi connectivity index (χ3n) is 5.18. The van der Waals surface area contributed by atoms with Crippen molar-refractivity contribution in [2.75, 3.05) is 26.1 Å². The summed E-state index contributed by atoms with van der Waals surface area (Å²) in [5.74, 6) is 1.50. The fourth-order valence-electron chi connectivity index (χ4n) is 3.35. The Labute approximate surface area is 204 Å². The summed E-state index contributed by atoms with van der Waals surface area (Å²) in [4.78, 5) is 13.0. The van der Waals surface area contributed by atoms with Gasteiger partial charge in [-0.1, -0.05) is 6.07 Å². The van der Waals surface area contributed by atoms with Gasteiger partial charge >= 0.3 is 0 Å². The largest absolute Gasteiger partial charge is 0.493 e. The number of nitrogens with zero attached hydrogens (tertiary/aromatic N) is 2. The summed E-state index contributed by atoms with van der Waals surface area (Å²) < 4.78 is 16.4. The van der Waals surface area contributed by atoms with Crippen LogP contribution in [0.1, 0.15) is 34.0 Å². The molecule has 0 unspecified atom stereocenters. The highest BCUT2D eigenvalue weighted by Crippen LogP contribution is 2.27. The second-order valence-electron chi connectivity index (χ2n) is 7.74. The Hall–Kier alpha value is -4.69. The van der Waals surface area contributed by atoms with Gasteiger partial charge in [0, 0.05) is 12.2 Å². The van der Waals surface area contributed by atoms with Crippen LogP contribution in [0.25, 0.3) is 0 Å². The smallest absolute Gasteiger partial charge is 0.253 e. The Balaban J connectivity index is 1.68. The topological polar surface area (TPSA) is 116 Å². The van der Waals surface area contributed by atoms with Gasteiger partial charge in [-0.15, -0.1) is 0 Å². The normalized spacial score (nSPS) is 10.9. The third kappa shape index (κ3) is 6.66. The van der Waals surface area contributed by atoms with Gasteiger partial charge in [-0.25, -0.2) is 0 Å². The van der Waals surface area contributed by atoms with E-state index in [4.69, 9.17) is 19.5 Å². The van der Waals surface area contributed by atoms with Crippen molar-refractivity contribution in [3.63, 3.8) is 0 Å². The van der Waals surface area contributed by atoms with Gasteiger partial charge in [0.2, 0.25) is 0 Å². The molecule has 0 bridgehead atoms. The summed E-state index contributed by atoms with van der Waals surface area (Å²) >= 11 is 0. The first-order valence-electron chi connectivity index (χ1n) is 10.9. The molecule has 0 heterocycles. The van der Waals surface area contributed by atoms with Crippen LogP contribution in [-0.2, 0) is 6.54 Å². The monoisotopic (exact) mass is 470 g/mol. The molecule has 1 amide bonds. The molecule has 3 aromatic carbocycles. The highest BCUT2D eigenvalue weighted by molar-refractivity contribution is 6.00. The van der Waals surface area contributed by atoms with Gasteiger partial charge in [0.25, 0.3) is 5.91 Å². The molecule has 0 saturated carbocycles. The van der Waals surface area contributed by atoms with Crippen molar-refractivity contribution in [1.82, 2.24) is 5.32 Å². The van der Waals surface area contributed by atoms with Crippen LogP contribution in [-0.4, -0.2) is 32.8 Å². The molecule has 8 nitrogen and oxygen atoms in total. The molecule has 0 aliphatic heterocycles. The second kappa shape index (κ2) is 12.0. The second-order valence-corrected chi connectivity index (χ2v) is 7.74. The molecule has 0 radical (unpaired) electrons. The molecule has 0 aliphatic carbocycles. The molecule has 3 rings (SSSR count). The maximum absolute atomic E-state index is 13.0. The molecule has 178 valence electrons. The average molecular weight is 471 g/mol. The number of amides is 1. The lowest BCUT2D eigenvalue weighted by atomic mass is 10.1. The third-order valence-corrected chi connectivity index (χ3v) is 5.18. The first-order valence-corrected chi connectivity index (χ1v) is 10.9. The van der Waals surface area contributed by atoms with Crippen LogP contribution in [0.5, 0.6) is 17.2 Å². The summed E-state index contributed by atoms with van der Waals surface area (Å²) in [6.45, 7) is 2.53. The lowest BCUT2D eigenvalue weighted by Crippen LogP contribution is -2.28. The van der Waals surface area contributed by atoms with Crippen molar-refractivity contribution in [2.24, 2.45) is 0 Å². The van der Waals surface area contributed by atoms with E-state index in [1.807, 2.05) is 13.0 Å². The van der Waals surface area contributed by atoms with Crippen LogP contribution in [0.15, 0.2) is 60.7 Å². The Morgan fingerprint density at radius 2 is 1.60 bits per heavy atom. The summed E-state index contributed by atoms with van der Waals surface area (Å²) in [7, 11) is 3.12. The van der Waals surface area contributed by atoms with E-state index in [1.54, 1.807) is 68.8 Å². The first-order chi connectivity index (χ1) is 17.0. The van der Waals surface area contributed by atoms with Gasteiger partial charge in [-0.2, -0.15) is 10.5 Å². The molecule has 8 heteroatoms. The number of nitrogens with one attached hydrogen (secondary N) is 2. The van der Waals surface area contributed by atoms with Crippen molar-refractivity contribution in [3.05, 3.63) is 82.9 Å². The Kier molecular flexibility index (Phi) is 8.53. The van der Waals surface area contributed by atoms with Gasteiger partial charge < -0.3 is 24.8 Å². The van der Waals surface area contributed by atoms with Crippen molar-refractivity contribution in [3.8, 4) is 29.4 Å². The van der Waals surface area contributed by atoms with E-state index in [-0.39, 0.29) is 18.5 Å². The minimum Gasteiger partial charge on any atom is -0.493 e. The molecule has 1 atom stereocenters. The standard InChI is InChI=1S/C27H26N4O4/c1-18(17-35-22-8-4-19(14-28)5-9-22)31-24-10-6-20(15-29)12-23(24)27(32)30-16-21-7-11-25(33-2)26(13-21)34-3/h4-13,18,31H,16-17H2,1-3H3,(H,30,32)/t18-/m0/s1. The zero-order valence-corrected chi connectivity index (χ0v) is 19.8. The summed E-state index contributed by atoms with van der Waals surface area (Å²) in [6.07, 6.45) is 0. The first kappa shape index (κ1) is 24.9. The number of benzene rings is 3. The molecular formula is C27H26N4O4. The number of carbonyl (C=O) groups excluding carboxylic acids is 1. The molecule has 0 fully saturated rings. The quantitative estimate of drug-likeness (QED) is 0.455. The molecule has 0 aliphatic rings. The SMILES string of the molecule is COc1ccc(CNC(=O)c2cc(C#N)ccc2N[C@@H](C)COc2ccc(C#N)cc2)cc1OC. The number of nitriles is 2. The number of anilines is 1. The van der Waals surface area contributed by atoms with E-state index in [0.717, 1.165) is 5.56 Å². The van der Waals surface area contributed by atoms with Gasteiger partial charge in [0.15, 0.2) is 11.5 Å². The summed E-state index contributed by atoms with van der Waals surface area (Å²) in [5.41, 5.74) is 2.73. The van der Waals surface area contributed by atoms with Gasteiger partial charge in [0.05, 0.1) is 49.1 Å². The van der Waals surface area contributed by atoms with E-state index in [0.29, 0.717) is 46.2 Å². The average Bonchev–Trinajstić information content (AvgIpc) is 2.90. The molecule has 3 aromatic rings. The zero-order valence-electron chi connectivity index (χ0n) is 19.8. The molecule has 35 heavy (non-hydrogen) atoms. The van der Waals surface area contributed by atoms with Crippen LogP contribution in [0.3, 0.4) is 0 Å². The number of carbonyl (C=O) groups is 1. The van der Waals surface area contributed by atoms with E-state index in [1.165, 1.54) is 0 Å². The van der Waals surface area contributed by atoms with Crippen LogP contribution >= 0.6 is 0 Å². The van der Waals surface area contributed by atoms with Crippen LogP contribution < -0.4 is 24.8 Å². The van der Waals surface area contributed by atoms with Crippen LogP contribution in [0.4, 0.5) is 5.69 Å². The highest BCUT2D eigenvalue weighted by atomic mass is 16.5. The lowest BCUT2D eigenvalue weighted by molar-refractivity contribution is 0.0951. The van der Waals surface area contributed by atoms with Gasteiger partial charge in [0.1, 0.15) is 12.4 Å². The van der Waals surface area contributed by atoms with Crippen molar-refractivity contribution in [2.45, 2.75) is 19.5 Å². The van der Waals surface area contributed by atoms with Crippen LogP contribution in [0.2, 0.25) is 0 Å². The summed E-state index contributed by atoms with van der Waals surface area (Å²) in [5, 5.41) is 24.4. The van der Waals surface area contributed by atoms with Gasteiger partial charge in [-0.3, -0.25) is 4.79 Å². The molecule has 0 saturated heterocycles. The van der Waals surface area contributed by atoms with Crippen molar-refractivity contribution in [1.29, 1.82) is 10.5 Å². The van der Waals surface area contributed by atoms with E-state index < -0.39 is 0 Å². The number of hydrogen-bond donors (Lipinski definition) is 2. The van der Waals surface area contributed by atoms with Crippen molar-refractivity contribution < 1.29 is 19.0 Å². The Morgan fingerprint density at radius 3 is 2.26 bits per heavy atom. The number of hydrogen-bond acceptors (Lipinski definition) is 7.